The minimum Gasteiger partial charge on any atom is -0.345 e. The predicted molar refractivity (Wildman–Crippen MR) is 152 cm³/mol. The van der Waals surface area contributed by atoms with Crippen LogP contribution in [0.1, 0.15) is 67.1 Å². The Morgan fingerprint density at radius 1 is 1.05 bits per heavy atom. The number of rotatable bonds is 11. The molecule has 0 aliphatic heterocycles. The van der Waals surface area contributed by atoms with Gasteiger partial charge in [0.15, 0.2) is 0 Å². The van der Waals surface area contributed by atoms with E-state index in [9.17, 15) is 19.7 Å². The molecule has 206 valence electrons. The van der Waals surface area contributed by atoms with Gasteiger partial charge in [-0.05, 0) is 49.1 Å². The van der Waals surface area contributed by atoms with Crippen molar-refractivity contribution in [2.45, 2.75) is 64.6 Å². The lowest BCUT2D eigenvalue weighted by Crippen LogP contribution is -2.47. The molecule has 9 heteroatoms. The number of amides is 2. The minimum absolute atomic E-state index is 0.0723. The van der Waals surface area contributed by atoms with Crippen LogP contribution in [0.5, 0.6) is 0 Å². The highest BCUT2D eigenvalue weighted by molar-refractivity contribution is 6.31. The van der Waals surface area contributed by atoms with Crippen LogP contribution in [0.2, 0.25) is 5.02 Å². The molecule has 0 bridgehead atoms. The molecule has 4 rings (SSSR count). The number of carbonyl (C=O) groups excluding carboxylic acids is 2. The zero-order chi connectivity index (χ0) is 27.8. The highest BCUT2D eigenvalue weighted by atomic mass is 35.5. The summed E-state index contributed by atoms with van der Waals surface area (Å²) in [5, 5.41) is 11.9. The monoisotopic (exact) mass is 550 g/mol. The van der Waals surface area contributed by atoms with Crippen molar-refractivity contribution in [3.63, 3.8) is 0 Å². The SMILES string of the molecule is CCCN(CC(=O)N(Cc1cccn1Cc1ccccc1Cl)C1CCCCC1)C(=O)c1cccc([N+](=O)[O-])c1. The molecule has 2 aromatic carbocycles. The van der Waals surface area contributed by atoms with Crippen LogP contribution in [0.4, 0.5) is 5.69 Å². The van der Waals surface area contributed by atoms with Crippen molar-refractivity contribution in [1.82, 2.24) is 14.4 Å². The fourth-order valence-corrected chi connectivity index (χ4v) is 5.45. The van der Waals surface area contributed by atoms with Gasteiger partial charge in [-0.1, -0.05) is 62.1 Å². The average Bonchev–Trinajstić information content (AvgIpc) is 3.39. The van der Waals surface area contributed by atoms with E-state index in [1.165, 1.54) is 23.1 Å². The molecule has 1 heterocycles. The van der Waals surface area contributed by atoms with Crippen LogP contribution in [-0.2, 0) is 17.9 Å². The molecular weight excluding hydrogens is 516 g/mol. The number of aromatic nitrogens is 1. The van der Waals surface area contributed by atoms with Crippen LogP contribution < -0.4 is 0 Å². The van der Waals surface area contributed by atoms with Gasteiger partial charge in [0, 0.05) is 53.7 Å². The standard InChI is InChI=1S/C30H35ClN4O4/c1-2-17-33(30(37)23-11-8-14-26(19-23)35(38)39)22-29(36)34(25-12-4-3-5-13-25)21-27-15-9-18-32(27)20-24-10-6-7-16-28(24)31/h6-11,14-16,18-19,25H,2-5,12-13,17,20-22H2,1H3. The zero-order valence-electron chi connectivity index (χ0n) is 22.3. The maximum absolute atomic E-state index is 13.9. The van der Waals surface area contributed by atoms with Crippen molar-refractivity contribution in [3.05, 3.63) is 98.8 Å². The van der Waals surface area contributed by atoms with Gasteiger partial charge >= 0.3 is 0 Å². The molecule has 0 spiro atoms. The molecule has 0 unspecified atom stereocenters. The quantitative estimate of drug-likeness (QED) is 0.207. The van der Waals surface area contributed by atoms with E-state index in [2.05, 4.69) is 4.57 Å². The van der Waals surface area contributed by atoms with Crippen molar-refractivity contribution in [1.29, 1.82) is 0 Å². The summed E-state index contributed by atoms with van der Waals surface area (Å²) >= 11 is 6.41. The second kappa shape index (κ2) is 13.4. The van der Waals surface area contributed by atoms with Crippen LogP contribution in [0.3, 0.4) is 0 Å². The van der Waals surface area contributed by atoms with Gasteiger partial charge in [-0.2, -0.15) is 0 Å². The molecule has 1 aliphatic rings. The third kappa shape index (κ3) is 7.26. The Labute approximate surface area is 234 Å². The van der Waals surface area contributed by atoms with Gasteiger partial charge in [0.05, 0.1) is 11.5 Å². The second-order valence-electron chi connectivity index (χ2n) is 10.1. The van der Waals surface area contributed by atoms with E-state index in [0.717, 1.165) is 43.4 Å². The van der Waals surface area contributed by atoms with Crippen LogP contribution in [0.15, 0.2) is 66.9 Å². The van der Waals surface area contributed by atoms with Gasteiger partial charge in [0.2, 0.25) is 5.91 Å². The number of nitrogens with zero attached hydrogens (tertiary/aromatic N) is 4. The first-order valence-electron chi connectivity index (χ1n) is 13.6. The smallest absolute Gasteiger partial charge is 0.270 e. The molecule has 8 nitrogen and oxygen atoms in total. The summed E-state index contributed by atoms with van der Waals surface area (Å²) in [5.74, 6) is -0.487. The number of hydrogen-bond donors (Lipinski definition) is 0. The molecule has 0 saturated heterocycles. The Bertz CT molecular complexity index is 1300. The van der Waals surface area contributed by atoms with Crippen LogP contribution in [-0.4, -0.2) is 50.2 Å². The van der Waals surface area contributed by atoms with Gasteiger partial charge in [-0.15, -0.1) is 0 Å². The third-order valence-electron chi connectivity index (χ3n) is 7.30. The molecule has 2 amide bonds. The first kappa shape index (κ1) is 28.4. The summed E-state index contributed by atoms with van der Waals surface area (Å²) < 4.78 is 2.11. The Balaban J connectivity index is 1.56. The lowest BCUT2D eigenvalue weighted by molar-refractivity contribution is -0.384. The average molecular weight is 551 g/mol. The van der Waals surface area contributed by atoms with E-state index in [4.69, 9.17) is 11.6 Å². The number of halogens is 1. The van der Waals surface area contributed by atoms with Crippen molar-refractivity contribution in [2.75, 3.05) is 13.1 Å². The third-order valence-corrected chi connectivity index (χ3v) is 7.67. The molecule has 0 N–H and O–H groups in total. The summed E-state index contributed by atoms with van der Waals surface area (Å²) in [6.45, 7) is 3.29. The fraction of sp³-hybridized carbons (Fsp3) is 0.400. The maximum atomic E-state index is 13.9. The molecule has 1 aromatic heterocycles. The van der Waals surface area contributed by atoms with Gasteiger partial charge in [0.25, 0.3) is 11.6 Å². The van der Waals surface area contributed by atoms with E-state index in [1.54, 1.807) is 6.07 Å². The number of non-ortho nitro benzene ring substituents is 1. The lowest BCUT2D eigenvalue weighted by atomic mass is 9.94. The molecule has 0 radical (unpaired) electrons. The summed E-state index contributed by atoms with van der Waals surface area (Å²) in [5.41, 5.74) is 2.07. The van der Waals surface area contributed by atoms with E-state index < -0.39 is 4.92 Å². The fourth-order valence-electron chi connectivity index (χ4n) is 5.26. The highest BCUT2D eigenvalue weighted by Gasteiger charge is 2.29. The normalized spacial score (nSPS) is 13.7. The van der Waals surface area contributed by atoms with Gasteiger partial charge in [0.1, 0.15) is 6.54 Å². The van der Waals surface area contributed by atoms with E-state index >= 15 is 0 Å². The van der Waals surface area contributed by atoms with Gasteiger partial charge in [-0.25, -0.2) is 0 Å². The largest absolute Gasteiger partial charge is 0.345 e. The van der Waals surface area contributed by atoms with Crippen molar-refractivity contribution >= 4 is 29.1 Å². The van der Waals surface area contributed by atoms with E-state index in [1.807, 2.05) is 54.4 Å². The second-order valence-corrected chi connectivity index (χ2v) is 10.5. The van der Waals surface area contributed by atoms with E-state index in [0.29, 0.717) is 31.1 Å². The zero-order valence-corrected chi connectivity index (χ0v) is 23.1. The number of nitro groups is 1. The molecule has 3 aromatic rings. The lowest BCUT2D eigenvalue weighted by Gasteiger charge is -2.36. The number of hydrogen-bond acceptors (Lipinski definition) is 4. The summed E-state index contributed by atoms with van der Waals surface area (Å²) in [7, 11) is 0. The van der Waals surface area contributed by atoms with Crippen molar-refractivity contribution in [2.24, 2.45) is 0 Å². The first-order valence-corrected chi connectivity index (χ1v) is 14.0. The predicted octanol–water partition coefficient (Wildman–Crippen LogP) is 6.31. The molecule has 1 aliphatic carbocycles. The maximum Gasteiger partial charge on any atom is 0.270 e. The van der Waals surface area contributed by atoms with Gasteiger partial charge in [-0.3, -0.25) is 19.7 Å². The minimum atomic E-state index is -0.519. The Morgan fingerprint density at radius 2 is 1.82 bits per heavy atom. The Morgan fingerprint density at radius 3 is 2.54 bits per heavy atom. The van der Waals surface area contributed by atoms with Gasteiger partial charge < -0.3 is 14.4 Å². The number of benzene rings is 2. The summed E-state index contributed by atoms with van der Waals surface area (Å²) in [6, 6.07) is 17.5. The van der Waals surface area contributed by atoms with Crippen LogP contribution >= 0.6 is 11.6 Å². The van der Waals surface area contributed by atoms with Crippen LogP contribution in [0.25, 0.3) is 0 Å². The molecule has 0 atom stereocenters. The van der Waals surface area contributed by atoms with Crippen molar-refractivity contribution < 1.29 is 14.5 Å². The molecule has 1 saturated carbocycles. The Kier molecular flexibility index (Phi) is 9.76. The highest BCUT2D eigenvalue weighted by Crippen LogP contribution is 2.26. The number of carbonyl (C=O) groups is 2. The van der Waals surface area contributed by atoms with Crippen LogP contribution in [0, 0.1) is 10.1 Å². The molecule has 39 heavy (non-hydrogen) atoms. The molecule has 1 fully saturated rings. The van der Waals surface area contributed by atoms with Crippen molar-refractivity contribution in [3.8, 4) is 0 Å². The number of nitro benzene ring substituents is 1. The Hall–Kier alpha value is -3.65. The molecular formula is C30H35ClN4O4. The first-order chi connectivity index (χ1) is 18.9. The summed E-state index contributed by atoms with van der Waals surface area (Å²) in [6.07, 6.45) is 7.83. The topological polar surface area (TPSA) is 88.7 Å². The van der Waals surface area contributed by atoms with E-state index in [-0.39, 0.29) is 35.7 Å². The summed E-state index contributed by atoms with van der Waals surface area (Å²) in [4.78, 5) is 41.4.